The molecule has 0 spiro atoms. The summed E-state index contributed by atoms with van der Waals surface area (Å²) in [6.45, 7) is 22.2. The molecule has 35 heteroatoms. The second kappa shape index (κ2) is 44.8. The Morgan fingerprint density at radius 2 is 1.19 bits per heavy atom. The smallest absolute Gasteiger partial charge is 0.333 e. The Hall–Kier alpha value is -2.63. The van der Waals surface area contributed by atoms with Gasteiger partial charge in [0.1, 0.15) is 73.2 Å². The molecule has 44 atom stereocenters. The lowest BCUT2D eigenvalue weighted by atomic mass is 9.82. The van der Waals surface area contributed by atoms with Crippen molar-refractivity contribution >= 4 is 5.97 Å². The van der Waals surface area contributed by atoms with Crippen LogP contribution in [0.5, 0.6) is 0 Å². The average molecular weight is 1670 g/mol. The fourth-order valence-electron chi connectivity index (χ4n) is 16.8. The van der Waals surface area contributed by atoms with Gasteiger partial charge in [-0.1, -0.05) is 86.1 Å². The van der Waals surface area contributed by atoms with Crippen LogP contribution in [0.25, 0.3) is 0 Å². The maximum absolute atomic E-state index is 14.6. The van der Waals surface area contributed by atoms with Gasteiger partial charge in [-0.15, -0.1) is 0 Å². The zero-order valence-electron chi connectivity index (χ0n) is 69.8. The number of carbonyl (C=O) groups excluding carboxylic acids is 1. The molecule has 116 heavy (non-hydrogen) atoms. The molecular formula is C81H144N2O33. The summed E-state index contributed by atoms with van der Waals surface area (Å²) in [6, 6.07) is -0.877. The Balaban J connectivity index is 1.24. The summed E-state index contributed by atoms with van der Waals surface area (Å²) < 4.78 is 75.2. The molecule has 676 valence electrons. The lowest BCUT2D eigenvalue weighted by Crippen LogP contribution is -2.65. The minimum atomic E-state index is -2.79. The van der Waals surface area contributed by atoms with Gasteiger partial charge in [0, 0.05) is 91.7 Å². The third-order valence-electron chi connectivity index (χ3n) is 25.4. The van der Waals surface area contributed by atoms with Crippen molar-refractivity contribution in [3.63, 3.8) is 0 Å². The van der Waals surface area contributed by atoms with E-state index >= 15 is 0 Å². The Kier molecular flexibility index (Phi) is 38.8. The minimum absolute atomic E-state index is 0.0139. The molecule has 24 N–H and O–H groups in total. The monoisotopic (exact) mass is 1670 g/mol. The number of nitrogens with two attached hydrogens (primary N) is 2. The van der Waals surface area contributed by atoms with E-state index in [0.29, 0.717) is 19.3 Å². The van der Waals surface area contributed by atoms with Crippen molar-refractivity contribution in [3.8, 4) is 0 Å². The second-order valence-electron chi connectivity index (χ2n) is 34.7. The average Bonchev–Trinajstić information content (AvgIpc) is 0.772. The molecule has 0 aromatic rings. The topological polar surface area (TPSA) is 584 Å². The van der Waals surface area contributed by atoms with Gasteiger partial charge in [-0.05, 0) is 98.0 Å². The van der Waals surface area contributed by atoms with Crippen molar-refractivity contribution in [2.24, 2.45) is 47.0 Å². The van der Waals surface area contributed by atoms with Gasteiger partial charge in [0.2, 0.25) is 0 Å². The summed E-state index contributed by atoms with van der Waals surface area (Å²) in [5.41, 5.74) is 12.1. The second-order valence-corrected chi connectivity index (χ2v) is 34.7. The number of carbonyl (C=O) groups is 1. The van der Waals surface area contributed by atoms with Crippen molar-refractivity contribution < 1.29 is 164 Å². The normalized spacial score (nSPS) is 47.6. The van der Waals surface area contributed by atoms with Crippen LogP contribution in [-0.4, -0.2) is 347 Å². The number of aliphatic hydroxyl groups is 20. The zero-order chi connectivity index (χ0) is 86.6. The van der Waals surface area contributed by atoms with E-state index in [1.807, 2.05) is 20.8 Å². The lowest BCUT2D eigenvalue weighted by Gasteiger charge is -2.50. The van der Waals surface area contributed by atoms with Crippen LogP contribution in [0.1, 0.15) is 193 Å². The number of rotatable bonds is 22. The van der Waals surface area contributed by atoms with E-state index in [9.17, 15) is 107 Å². The summed E-state index contributed by atoms with van der Waals surface area (Å²) in [6.07, 6.45) is -44.7. The molecule has 0 amide bonds. The first-order valence-electron chi connectivity index (χ1n) is 41.9. The van der Waals surface area contributed by atoms with E-state index in [-0.39, 0.29) is 62.5 Å². The number of hydrogen-bond donors (Lipinski definition) is 22. The lowest BCUT2D eigenvalue weighted by molar-refractivity contribution is -0.389. The summed E-state index contributed by atoms with van der Waals surface area (Å²) in [4.78, 5) is 14.6. The first kappa shape index (κ1) is 100. The van der Waals surface area contributed by atoms with Crippen LogP contribution < -0.4 is 11.5 Å². The van der Waals surface area contributed by atoms with Crippen LogP contribution in [0.4, 0.5) is 0 Å². The number of hydrogen-bond acceptors (Lipinski definition) is 35. The Morgan fingerprint density at radius 3 is 1.81 bits per heavy atom. The van der Waals surface area contributed by atoms with Crippen molar-refractivity contribution in [2.75, 3.05) is 6.61 Å². The molecule has 6 saturated heterocycles. The van der Waals surface area contributed by atoms with Crippen LogP contribution in [0.2, 0.25) is 0 Å². The molecule has 0 unspecified atom stereocenters. The molecule has 7 aliphatic rings. The van der Waals surface area contributed by atoms with E-state index < -0.39 is 306 Å². The zero-order valence-corrected chi connectivity index (χ0v) is 69.8. The first-order valence-corrected chi connectivity index (χ1v) is 41.9. The number of ether oxygens (including phenoxy) is 12. The SMILES string of the molecule is CCC[C@H](O[C@H]1C[C@](C)(N)[C@H](O)[C@H](C)O1)[C@H](C)[C@H](O)[C@@H](/C=C/[C@@H](O)[C@H](C)[C@H]1C/C=C(/C)[C@@H](O)[C@H](C)[C@@H](O[C@@H]2O[C@H](CO)[C@@H](O)[C@H](O)[C@@H]2O)C[C@H](O)[C@H](C)[C@@H](O)C[C@H]2C[C@H](O)[C@@H](O)[C@@](O)(C[C@H](O[C@@H]3O[C@H](C)[C@@H](O)[C@H](O[C@H]4C[C@@H](N)[C@H](O)[C@@H](C)O4)[C@H]3O[C@@H]3O[C@H](C)[C@@H](O)[C@H](O)[C@H]3O)[C@H](C)CC[C@H](O)C[C@H](O)C/C=C(/CC)C(=O)O1)O2)CC. The van der Waals surface area contributed by atoms with Gasteiger partial charge in [0.15, 0.2) is 37.2 Å². The van der Waals surface area contributed by atoms with E-state index in [1.54, 1.807) is 60.6 Å². The largest absolute Gasteiger partial charge is 0.458 e. The van der Waals surface area contributed by atoms with Gasteiger partial charge >= 0.3 is 5.97 Å². The predicted octanol–water partition coefficient (Wildman–Crippen LogP) is -1.70. The van der Waals surface area contributed by atoms with Crippen LogP contribution in [0.3, 0.4) is 0 Å². The predicted molar refractivity (Wildman–Crippen MR) is 412 cm³/mol. The van der Waals surface area contributed by atoms with Crippen LogP contribution >= 0.6 is 0 Å². The van der Waals surface area contributed by atoms with Gasteiger partial charge < -0.3 is 170 Å². The maximum Gasteiger partial charge on any atom is 0.333 e. The fourth-order valence-corrected chi connectivity index (χ4v) is 16.8. The Labute approximate surface area is 681 Å². The number of esters is 1. The summed E-state index contributed by atoms with van der Waals surface area (Å²) in [7, 11) is 0. The third kappa shape index (κ3) is 25.8. The fraction of sp³-hybridized carbons (Fsp3) is 0.914. The van der Waals surface area contributed by atoms with Gasteiger partial charge in [-0.25, -0.2) is 4.79 Å². The Bertz CT molecular complexity index is 3010. The van der Waals surface area contributed by atoms with E-state index in [0.717, 1.165) is 0 Å². The van der Waals surface area contributed by atoms with Gasteiger partial charge in [0.05, 0.1) is 116 Å². The van der Waals surface area contributed by atoms with Crippen LogP contribution in [-0.2, 0) is 61.6 Å². The van der Waals surface area contributed by atoms with E-state index in [4.69, 9.17) is 68.3 Å². The number of aliphatic hydroxyl groups excluding tert-OH is 19. The molecule has 0 aliphatic carbocycles. The molecule has 7 aliphatic heterocycles. The quantitative estimate of drug-likeness (QED) is 0.0424. The molecule has 7 rings (SSSR count). The number of cyclic esters (lactones) is 1. The molecule has 0 saturated carbocycles. The molecule has 7 heterocycles. The molecule has 6 fully saturated rings. The minimum Gasteiger partial charge on any atom is -0.458 e. The van der Waals surface area contributed by atoms with Gasteiger partial charge in [-0.3, -0.25) is 0 Å². The number of fused-ring (bicyclic) bond motifs is 2. The Morgan fingerprint density at radius 1 is 0.595 bits per heavy atom. The molecule has 35 nitrogen and oxygen atoms in total. The molecule has 0 radical (unpaired) electrons. The molecular weight excluding hydrogens is 1530 g/mol. The summed E-state index contributed by atoms with van der Waals surface area (Å²) in [5.74, 6) is -8.74. The molecule has 2 bridgehead atoms. The third-order valence-corrected chi connectivity index (χ3v) is 25.4. The molecule has 0 aromatic carbocycles. The van der Waals surface area contributed by atoms with Crippen LogP contribution in [0.15, 0.2) is 35.5 Å². The maximum atomic E-state index is 14.6. The van der Waals surface area contributed by atoms with Crippen molar-refractivity contribution in [1.82, 2.24) is 0 Å². The van der Waals surface area contributed by atoms with Crippen molar-refractivity contribution in [3.05, 3.63) is 35.5 Å². The molecule has 0 aromatic heterocycles. The van der Waals surface area contributed by atoms with Gasteiger partial charge in [-0.2, -0.15) is 0 Å². The van der Waals surface area contributed by atoms with E-state index in [1.165, 1.54) is 39.8 Å². The van der Waals surface area contributed by atoms with E-state index in [2.05, 4.69) is 0 Å². The highest BCUT2D eigenvalue weighted by atomic mass is 16.8. The highest BCUT2D eigenvalue weighted by molar-refractivity contribution is 5.88. The summed E-state index contributed by atoms with van der Waals surface area (Å²) >= 11 is 0. The highest BCUT2D eigenvalue weighted by Crippen LogP contribution is 2.42. The first-order chi connectivity index (χ1) is 54.3. The van der Waals surface area contributed by atoms with Crippen LogP contribution in [0, 0.1) is 35.5 Å². The highest BCUT2D eigenvalue weighted by Gasteiger charge is 2.57. The van der Waals surface area contributed by atoms with Crippen molar-refractivity contribution in [2.45, 2.75) is 425 Å². The van der Waals surface area contributed by atoms with Gasteiger partial charge in [0.25, 0.3) is 0 Å². The standard InChI is InChI=1S/C81H144N2O33/c1-15-18-55(109-61-33-80(14,83)74(101)44(13)106-61)39(8)63(92)45(16-2)22-25-51(87)38(7)56-26-20-36(5)62(91)40(9)57(111-78-71(100)69(98)67(96)59(34-84)113-78)31-53(89)37(6)52(88)28-49-29-54(90)75(102)81(104,116-49)32-58(35(4)19-23-47(85)27-48(86)24-21-46(17-3)76(103)110-56)112-79-73(115-77-70(99)68(97)65(94)42(11)107-77)72(66(95)43(12)108-79)114-60-30-50(82)64(93)41(10)105-60/h20-22,25,35,37-45,47-75,77-79,84-102,104H,15-19,23-24,26-34,82-83H2,1-14H3/b25-22+,36-20-,46-21-/t35-,37-,38+,39+,40-,41-,42-,43-,44+,45-,47+,48-,49+,50-,51-,52+,53+,54+,55+,56-,57+,58+,59-,60+,61+,62-,63+,64-,65-,66-,67-,68+,69+,70-,71+,72+,73-,74-,75-,77+,78-,79+,80+,81-/m1/s1. The summed E-state index contributed by atoms with van der Waals surface area (Å²) in [5, 5.41) is 231. The van der Waals surface area contributed by atoms with Crippen molar-refractivity contribution in [1.29, 1.82) is 0 Å².